The van der Waals surface area contributed by atoms with Crippen molar-refractivity contribution in [3.63, 3.8) is 0 Å². The summed E-state index contributed by atoms with van der Waals surface area (Å²) in [5.41, 5.74) is 0.827. The highest BCUT2D eigenvalue weighted by atomic mass is 79.9. The number of hydrogen-bond donors (Lipinski definition) is 1. The van der Waals surface area contributed by atoms with E-state index >= 15 is 0 Å². The molecule has 0 aromatic heterocycles. The van der Waals surface area contributed by atoms with Gasteiger partial charge in [0.05, 0.1) is 11.5 Å². The van der Waals surface area contributed by atoms with Gasteiger partial charge < -0.3 is 0 Å². The third kappa shape index (κ3) is 3.86. The lowest BCUT2D eigenvalue weighted by Gasteiger charge is -2.08. The minimum atomic E-state index is -3.86. The Morgan fingerprint density at radius 3 is 2.50 bits per heavy atom. The van der Waals surface area contributed by atoms with E-state index in [4.69, 9.17) is 4.84 Å². The molecule has 0 unspecified atom stereocenters. The van der Waals surface area contributed by atoms with Gasteiger partial charge in [0.15, 0.2) is 0 Å². The van der Waals surface area contributed by atoms with E-state index in [0.29, 0.717) is 0 Å². The van der Waals surface area contributed by atoms with Gasteiger partial charge >= 0.3 is 0 Å². The third-order valence-corrected chi connectivity index (χ3v) is 4.62. The molecule has 0 aliphatic carbocycles. The van der Waals surface area contributed by atoms with Gasteiger partial charge in [-0.2, -0.15) is 0 Å². The van der Waals surface area contributed by atoms with Crippen molar-refractivity contribution in [1.82, 2.24) is 4.89 Å². The predicted molar refractivity (Wildman–Crippen MR) is 75.7 cm³/mol. The Morgan fingerprint density at radius 1 is 1.15 bits per heavy atom. The maximum absolute atomic E-state index is 12.9. The third-order valence-electron chi connectivity index (χ3n) is 2.43. The molecule has 0 heterocycles. The van der Waals surface area contributed by atoms with Gasteiger partial charge in [-0.1, -0.05) is 35.2 Å². The first-order valence-corrected chi connectivity index (χ1v) is 7.89. The fourth-order valence-electron chi connectivity index (χ4n) is 1.50. The molecule has 0 saturated carbocycles. The topological polar surface area (TPSA) is 55.4 Å². The number of sulfonamides is 1. The molecular weight excluding hydrogens is 349 g/mol. The number of hydrogen-bond acceptors (Lipinski definition) is 3. The SMILES string of the molecule is O=S(=O)(NOCc1ccccc1)c1ccc(F)cc1Br. The van der Waals surface area contributed by atoms with Crippen LogP contribution >= 0.6 is 15.9 Å². The molecule has 0 aliphatic heterocycles. The second-order valence-corrected chi connectivity index (χ2v) is 6.40. The largest absolute Gasteiger partial charge is 0.282 e. The van der Waals surface area contributed by atoms with Gasteiger partial charge in [0.1, 0.15) is 5.82 Å². The quantitative estimate of drug-likeness (QED) is 0.834. The molecule has 20 heavy (non-hydrogen) atoms. The molecule has 0 spiro atoms. The molecule has 0 radical (unpaired) electrons. The summed E-state index contributed by atoms with van der Waals surface area (Å²) in [6, 6.07) is 12.4. The Balaban J connectivity index is 2.04. The minimum absolute atomic E-state index is 0.0908. The molecule has 0 amide bonds. The molecule has 106 valence electrons. The van der Waals surface area contributed by atoms with E-state index in [-0.39, 0.29) is 16.0 Å². The van der Waals surface area contributed by atoms with Crippen LogP contribution in [0, 0.1) is 5.82 Å². The summed E-state index contributed by atoms with van der Waals surface area (Å²) in [7, 11) is -3.86. The lowest BCUT2D eigenvalue weighted by molar-refractivity contribution is 0.0795. The van der Waals surface area contributed by atoms with E-state index in [0.717, 1.165) is 23.8 Å². The molecule has 1 N–H and O–H groups in total. The van der Waals surface area contributed by atoms with Crippen LogP contribution < -0.4 is 4.89 Å². The lowest BCUT2D eigenvalue weighted by Crippen LogP contribution is -2.24. The van der Waals surface area contributed by atoms with Crippen molar-refractivity contribution in [3.8, 4) is 0 Å². The molecule has 0 saturated heterocycles. The molecule has 2 aromatic rings. The van der Waals surface area contributed by atoms with E-state index in [2.05, 4.69) is 15.9 Å². The van der Waals surface area contributed by atoms with Gasteiger partial charge in [-0.25, -0.2) is 12.8 Å². The Morgan fingerprint density at radius 2 is 1.85 bits per heavy atom. The van der Waals surface area contributed by atoms with E-state index in [1.807, 2.05) is 35.2 Å². The fraction of sp³-hybridized carbons (Fsp3) is 0.0769. The molecule has 0 bridgehead atoms. The van der Waals surface area contributed by atoms with Crippen LogP contribution in [0.25, 0.3) is 0 Å². The van der Waals surface area contributed by atoms with Crippen molar-refractivity contribution in [1.29, 1.82) is 0 Å². The average molecular weight is 360 g/mol. The summed E-state index contributed by atoms with van der Waals surface area (Å²) >= 11 is 3.01. The standard InChI is InChI=1S/C13H11BrFNO3S/c14-12-8-11(15)6-7-13(12)20(17,18)16-19-9-10-4-2-1-3-5-10/h1-8,16H,9H2. The Hall–Kier alpha value is -1.28. The van der Waals surface area contributed by atoms with Gasteiger partial charge in [-0.3, -0.25) is 4.84 Å². The Labute approximate surface area is 124 Å². The van der Waals surface area contributed by atoms with Crippen LogP contribution in [0.3, 0.4) is 0 Å². The van der Waals surface area contributed by atoms with Crippen LogP contribution in [-0.4, -0.2) is 8.42 Å². The monoisotopic (exact) mass is 359 g/mol. The van der Waals surface area contributed by atoms with Crippen LogP contribution in [0.1, 0.15) is 5.56 Å². The second-order valence-electron chi connectivity index (χ2n) is 3.94. The first-order valence-electron chi connectivity index (χ1n) is 5.61. The number of nitrogens with one attached hydrogen (secondary N) is 1. The molecule has 7 heteroatoms. The second kappa shape index (κ2) is 6.45. The fourth-order valence-corrected chi connectivity index (χ4v) is 3.36. The van der Waals surface area contributed by atoms with Gasteiger partial charge in [0.25, 0.3) is 10.0 Å². The molecule has 0 atom stereocenters. The first-order chi connectivity index (χ1) is 9.49. The van der Waals surface area contributed by atoms with Crippen molar-refractivity contribution >= 4 is 26.0 Å². The smallest absolute Gasteiger partial charge is 0.263 e. The van der Waals surface area contributed by atoms with Gasteiger partial charge in [-0.05, 0) is 39.7 Å². The van der Waals surface area contributed by atoms with Crippen LogP contribution in [0.5, 0.6) is 0 Å². The van der Waals surface area contributed by atoms with Crippen molar-refractivity contribution in [3.05, 3.63) is 64.4 Å². The van der Waals surface area contributed by atoms with E-state index < -0.39 is 15.8 Å². The molecule has 2 rings (SSSR count). The summed E-state index contributed by atoms with van der Waals surface area (Å²) in [5.74, 6) is -0.527. The molecule has 4 nitrogen and oxygen atoms in total. The van der Waals surface area contributed by atoms with E-state index in [1.165, 1.54) is 0 Å². The van der Waals surface area contributed by atoms with Gasteiger partial charge in [0, 0.05) is 4.47 Å². The number of benzene rings is 2. The Bertz CT molecular complexity index is 692. The summed E-state index contributed by atoms with van der Waals surface area (Å²) in [5, 5.41) is 0. The summed E-state index contributed by atoms with van der Waals surface area (Å²) in [6.07, 6.45) is 0. The maximum Gasteiger partial charge on any atom is 0.263 e. The van der Waals surface area contributed by atoms with Crippen LogP contribution in [-0.2, 0) is 21.5 Å². The highest BCUT2D eigenvalue weighted by Crippen LogP contribution is 2.22. The zero-order valence-electron chi connectivity index (χ0n) is 10.2. The van der Waals surface area contributed by atoms with Gasteiger partial charge in [0.2, 0.25) is 0 Å². The maximum atomic E-state index is 12.9. The Kier molecular flexibility index (Phi) is 4.87. The van der Waals surface area contributed by atoms with Gasteiger partial charge in [-0.15, -0.1) is 0 Å². The summed E-state index contributed by atoms with van der Waals surface area (Å²) in [4.78, 5) is 6.88. The first kappa shape index (κ1) is 15.1. The zero-order chi connectivity index (χ0) is 14.6. The van der Waals surface area contributed by atoms with E-state index in [1.54, 1.807) is 0 Å². The molecular formula is C13H11BrFNO3S. The van der Waals surface area contributed by atoms with Crippen LogP contribution in [0.4, 0.5) is 4.39 Å². The highest BCUT2D eigenvalue weighted by molar-refractivity contribution is 9.10. The minimum Gasteiger partial charge on any atom is -0.282 e. The number of rotatable bonds is 5. The summed E-state index contributed by atoms with van der Waals surface area (Å²) < 4.78 is 37.0. The van der Waals surface area contributed by atoms with Crippen LogP contribution in [0.15, 0.2) is 57.9 Å². The van der Waals surface area contributed by atoms with Crippen LogP contribution in [0.2, 0.25) is 0 Å². The molecule has 0 aliphatic rings. The van der Waals surface area contributed by atoms with Crippen molar-refractivity contribution in [2.24, 2.45) is 0 Å². The number of halogens is 2. The van der Waals surface area contributed by atoms with Crippen molar-refractivity contribution in [2.45, 2.75) is 11.5 Å². The normalized spacial score (nSPS) is 11.5. The molecule has 2 aromatic carbocycles. The van der Waals surface area contributed by atoms with Crippen molar-refractivity contribution in [2.75, 3.05) is 0 Å². The predicted octanol–water partition coefficient (Wildman–Crippen LogP) is 3.00. The zero-order valence-corrected chi connectivity index (χ0v) is 12.6. The van der Waals surface area contributed by atoms with Crippen molar-refractivity contribution < 1.29 is 17.6 Å². The van der Waals surface area contributed by atoms with E-state index in [9.17, 15) is 12.8 Å². The molecule has 0 fully saturated rings. The summed E-state index contributed by atoms with van der Waals surface area (Å²) in [6.45, 7) is 0.0961. The lowest BCUT2D eigenvalue weighted by atomic mass is 10.2. The highest BCUT2D eigenvalue weighted by Gasteiger charge is 2.18. The average Bonchev–Trinajstić information content (AvgIpc) is 2.39.